The molecule has 0 bridgehead atoms. The first-order chi connectivity index (χ1) is 10.4. The Labute approximate surface area is 131 Å². The molecule has 22 heavy (non-hydrogen) atoms. The standard InChI is InChI=1S/C17H24N2O3/c1-5-12(4)22-15(20)10-19-14-9-7-6-8-13(14)18-16(11(2)3)17(19)21/h6-9,11-12,16,18H,5,10H2,1-4H3. The van der Waals surface area contributed by atoms with Gasteiger partial charge in [-0.05, 0) is 31.4 Å². The molecule has 5 nitrogen and oxygen atoms in total. The number of ether oxygens (including phenoxy) is 1. The fraction of sp³-hybridized carbons (Fsp3) is 0.529. The normalized spacial score (nSPS) is 18.7. The zero-order valence-electron chi connectivity index (χ0n) is 13.6. The Morgan fingerprint density at radius 1 is 1.32 bits per heavy atom. The third-order valence-electron chi connectivity index (χ3n) is 3.90. The van der Waals surface area contributed by atoms with E-state index in [-0.39, 0.29) is 36.5 Å². The number of benzene rings is 1. The van der Waals surface area contributed by atoms with Gasteiger partial charge in [0.1, 0.15) is 12.6 Å². The summed E-state index contributed by atoms with van der Waals surface area (Å²) in [5.74, 6) is -0.328. The fourth-order valence-electron chi connectivity index (χ4n) is 2.44. The van der Waals surface area contributed by atoms with E-state index in [1.807, 2.05) is 52.0 Å². The maximum Gasteiger partial charge on any atom is 0.326 e. The Kier molecular flexibility index (Phi) is 5.06. The molecule has 0 aliphatic carbocycles. The molecule has 1 aromatic rings. The molecule has 1 amide bonds. The first-order valence-electron chi connectivity index (χ1n) is 7.80. The molecule has 1 heterocycles. The van der Waals surface area contributed by atoms with Crippen LogP contribution in [-0.4, -0.2) is 30.6 Å². The quantitative estimate of drug-likeness (QED) is 0.850. The topological polar surface area (TPSA) is 58.6 Å². The maximum atomic E-state index is 12.7. The summed E-state index contributed by atoms with van der Waals surface area (Å²) in [6.07, 6.45) is 0.619. The van der Waals surface area contributed by atoms with Crippen LogP contribution < -0.4 is 10.2 Å². The summed E-state index contributed by atoms with van der Waals surface area (Å²) in [7, 11) is 0. The number of hydrogen-bond donors (Lipinski definition) is 1. The molecule has 1 N–H and O–H groups in total. The van der Waals surface area contributed by atoms with Crippen LogP contribution in [0, 0.1) is 5.92 Å². The van der Waals surface area contributed by atoms with Gasteiger partial charge in [-0.3, -0.25) is 14.5 Å². The largest absolute Gasteiger partial charge is 0.461 e. The molecule has 1 aliphatic heterocycles. The summed E-state index contributed by atoms with van der Waals surface area (Å²) in [4.78, 5) is 26.3. The molecule has 2 atom stereocenters. The minimum absolute atomic E-state index is 0.0505. The highest BCUT2D eigenvalue weighted by atomic mass is 16.5. The molecule has 2 unspecified atom stereocenters. The van der Waals surface area contributed by atoms with E-state index in [1.165, 1.54) is 4.90 Å². The first kappa shape index (κ1) is 16.3. The number of para-hydroxylation sites is 2. The van der Waals surface area contributed by atoms with E-state index in [1.54, 1.807) is 0 Å². The predicted molar refractivity (Wildman–Crippen MR) is 86.9 cm³/mol. The zero-order chi connectivity index (χ0) is 16.3. The molecule has 2 rings (SSSR count). The molecule has 5 heteroatoms. The van der Waals surface area contributed by atoms with Crippen molar-refractivity contribution < 1.29 is 14.3 Å². The van der Waals surface area contributed by atoms with Crippen LogP contribution >= 0.6 is 0 Å². The summed E-state index contributed by atoms with van der Waals surface area (Å²) in [6, 6.07) is 7.20. The van der Waals surface area contributed by atoms with E-state index >= 15 is 0 Å². The highest BCUT2D eigenvalue weighted by molar-refractivity contribution is 6.07. The van der Waals surface area contributed by atoms with Crippen LogP contribution in [0.25, 0.3) is 0 Å². The molecular weight excluding hydrogens is 280 g/mol. The predicted octanol–water partition coefficient (Wildman–Crippen LogP) is 2.81. The third-order valence-corrected chi connectivity index (χ3v) is 3.90. The lowest BCUT2D eigenvalue weighted by molar-refractivity contribution is -0.147. The van der Waals surface area contributed by atoms with Crippen LogP contribution in [0.5, 0.6) is 0 Å². The van der Waals surface area contributed by atoms with Crippen molar-refractivity contribution in [2.24, 2.45) is 5.92 Å². The number of amides is 1. The van der Waals surface area contributed by atoms with Gasteiger partial charge in [-0.2, -0.15) is 0 Å². The number of carbonyl (C=O) groups excluding carboxylic acids is 2. The summed E-state index contributed by atoms with van der Waals surface area (Å²) in [5.41, 5.74) is 1.60. The van der Waals surface area contributed by atoms with Crippen molar-refractivity contribution in [3.05, 3.63) is 24.3 Å². The van der Waals surface area contributed by atoms with Gasteiger partial charge < -0.3 is 10.1 Å². The lowest BCUT2D eigenvalue weighted by atomic mass is 9.99. The molecule has 1 aliphatic rings. The maximum absolute atomic E-state index is 12.7. The van der Waals surface area contributed by atoms with Gasteiger partial charge in [0, 0.05) is 0 Å². The Morgan fingerprint density at radius 3 is 2.64 bits per heavy atom. The molecule has 0 saturated carbocycles. The minimum Gasteiger partial charge on any atom is -0.461 e. The second-order valence-corrected chi connectivity index (χ2v) is 6.02. The molecular formula is C17H24N2O3. The van der Waals surface area contributed by atoms with Gasteiger partial charge in [-0.1, -0.05) is 32.9 Å². The summed E-state index contributed by atoms with van der Waals surface area (Å²) in [5, 5.41) is 3.26. The van der Waals surface area contributed by atoms with E-state index < -0.39 is 0 Å². The smallest absolute Gasteiger partial charge is 0.326 e. The van der Waals surface area contributed by atoms with Crippen LogP contribution in [0.3, 0.4) is 0 Å². The molecule has 1 aromatic carbocycles. The Hall–Kier alpha value is -2.04. The van der Waals surface area contributed by atoms with Crippen molar-refractivity contribution in [2.75, 3.05) is 16.8 Å². The Bertz CT molecular complexity index is 557. The second-order valence-electron chi connectivity index (χ2n) is 6.02. The van der Waals surface area contributed by atoms with Crippen LogP contribution in [0.1, 0.15) is 34.1 Å². The summed E-state index contributed by atoms with van der Waals surface area (Å²) in [6.45, 7) is 7.73. The number of nitrogens with zero attached hydrogens (tertiary/aromatic N) is 1. The summed E-state index contributed by atoms with van der Waals surface area (Å²) >= 11 is 0. The van der Waals surface area contributed by atoms with Crippen molar-refractivity contribution in [1.29, 1.82) is 0 Å². The van der Waals surface area contributed by atoms with Gasteiger partial charge in [0.15, 0.2) is 0 Å². The average Bonchev–Trinajstić information content (AvgIpc) is 2.49. The lowest BCUT2D eigenvalue weighted by Gasteiger charge is -2.36. The van der Waals surface area contributed by atoms with Crippen molar-refractivity contribution in [1.82, 2.24) is 0 Å². The molecule has 120 valence electrons. The molecule has 0 saturated heterocycles. The number of hydrogen-bond acceptors (Lipinski definition) is 4. The SMILES string of the molecule is CCC(C)OC(=O)CN1C(=O)C(C(C)C)Nc2ccccc21. The highest BCUT2D eigenvalue weighted by Gasteiger charge is 2.35. The fourth-order valence-corrected chi connectivity index (χ4v) is 2.44. The molecule has 0 spiro atoms. The van der Waals surface area contributed by atoms with E-state index in [0.29, 0.717) is 0 Å². The number of carbonyl (C=O) groups is 2. The van der Waals surface area contributed by atoms with E-state index in [9.17, 15) is 9.59 Å². The second kappa shape index (κ2) is 6.81. The first-order valence-corrected chi connectivity index (χ1v) is 7.80. The lowest BCUT2D eigenvalue weighted by Crippen LogP contribution is -2.51. The van der Waals surface area contributed by atoms with E-state index in [0.717, 1.165) is 17.8 Å². The van der Waals surface area contributed by atoms with Gasteiger partial charge in [0.25, 0.3) is 0 Å². The van der Waals surface area contributed by atoms with Gasteiger partial charge in [0.2, 0.25) is 5.91 Å². The van der Waals surface area contributed by atoms with E-state index in [2.05, 4.69) is 5.32 Å². The third kappa shape index (κ3) is 3.40. The van der Waals surface area contributed by atoms with Crippen molar-refractivity contribution in [3.63, 3.8) is 0 Å². The highest BCUT2D eigenvalue weighted by Crippen LogP contribution is 2.32. The van der Waals surface area contributed by atoms with Crippen LogP contribution in [0.15, 0.2) is 24.3 Å². The van der Waals surface area contributed by atoms with Gasteiger partial charge in [-0.25, -0.2) is 0 Å². The van der Waals surface area contributed by atoms with Crippen LogP contribution in [-0.2, 0) is 14.3 Å². The number of rotatable bonds is 5. The number of fused-ring (bicyclic) bond motifs is 1. The van der Waals surface area contributed by atoms with Crippen LogP contribution in [0.2, 0.25) is 0 Å². The number of esters is 1. The minimum atomic E-state index is -0.373. The Morgan fingerprint density at radius 2 is 2.00 bits per heavy atom. The van der Waals surface area contributed by atoms with Gasteiger partial charge in [0.05, 0.1) is 17.5 Å². The van der Waals surface area contributed by atoms with Crippen molar-refractivity contribution in [2.45, 2.75) is 46.3 Å². The van der Waals surface area contributed by atoms with Gasteiger partial charge >= 0.3 is 5.97 Å². The van der Waals surface area contributed by atoms with E-state index in [4.69, 9.17) is 4.74 Å². The Balaban J connectivity index is 2.24. The summed E-state index contributed by atoms with van der Waals surface area (Å²) < 4.78 is 5.31. The zero-order valence-corrected chi connectivity index (χ0v) is 13.6. The number of nitrogens with one attached hydrogen (secondary N) is 1. The van der Waals surface area contributed by atoms with Crippen LogP contribution in [0.4, 0.5) is 11.4 Å². The van der Waals surface area contributed by atoms with Crippen molar-refractivity contribution >= 4 is 23.3 Å². The average molecular weight is 304 g/mol. The van der Waals surface area contributed by atoms with Gasteiger partial charge in [-0.15, -0.1) is 0 Å². The molecule has 0 radical (unpaired) electrons. The number of anilines is 2. The molecule has 0 fully saturated rings. The molecule has 0 aromatic heterocycles. The van der Waals surface area contributed by atoms with Crippen molar-refractivity contribution in [3.8, 4) is 0 Å². The monoisotopic (exact) mass is 304 g/mol.